The van der Waals surface area contributed by atoms with Crippen molar-refractivity contribution in [2.75, 3.05) is 27.2 Å². The largest absolute Gasteiger partial charge is 0.341 e. The van der Waals surface area contributed by atoms with Crippen molar-refractivity contribution < 1.29 is 4.79 Å². The van der Waals surface area contributed by atoms with Gasteiger partial charge in [-0.1, -0.05) is 0 Å². The molecule has 1 amide bonds. The van der Waals surface area contributed by atoms with Crippen LogP contribution in [0.25, 0.3) is 0 Å². The fraction of sp³-hybridized carbons (Fsp3) is 0.688. The first-order valence-electron chi connectivity index (χ1n) is 8.07. The first-order chi connectivity index (χ1) is 10.5. The van der Waals surface area contributed by atoms with E-state index in [0.29, 0.717) is 5.92 Å². The van der Waals surface area contributed by atoms with Crippen LogP contribution >= 0.6 is 0 Å². The highest BCUT2D eigenvalue weighted by atomic mass is 16.2. The summed E-state index contributed by atoms with van der Waals surface area (Å²) in [7, 11) is 3.94. The molecule has 22 heavy (non-hydrogen) atoms. The molecule has 1 aliphatic carbocycles. The number of likely N-dealkylation sites (tertiary alicyclic amines) is 1. The molecule has 0 aromatic carbocycles. The number of amides is 1. The summed E-state index contributed by atoms with van der Waals surface area (Å²) in [5.74, 6) is 0.450. The molecule has 0 unspecified atom stereocenters. The van der Waals surface area contributed by atoms with Gasteiger partial charge in [0.05, 0.1) is 5.69 Å². The van der Waals surface area contributed by atoms with Gasteiger partial charge in [-0.05, 0) is 51.9 Å². The molecule has 2 aliphatic rings. The van der Waals surface area contributed by atoms with Crippen LogP contribution in [0.4, 0.5) is 0 Å². The van der Waals surface area contributed by atoms with Crippen LogP contribution in [0.15, 0.2) is 16.9 Å². The zero-order valence-corrected chi connectivity index (χ0v) is 13.4. The Labute approximate surface area is 130 Å². The van der Waals surface area contributed by atoms with Crippen LogP contribution in [-0.2, 0) is 11.3 Å². The minimum Gasteiger partial charge on any atom is -0.341 e. The molecule has 1 saturated carbocycles. The number of rotatable bonds is 4. The lowest BCUT2D eigenvalue weighted by atomic mass is 10.0. The van der Waals surface area contributed by atoms with Crippen molar-refractivity contribution in [3.63, 3.8) is 0 Å². The van der Waals surface area contributed by atoms with E-state index in [1.165, 1.54) is 10.7 Å². The molecule has 120 valence electrons. The van der Waals surface area contributed by atoms with Crippen LogP contribution in [0, 0.1) is 0 Å². The van der Waals surface area contributed by atoms with Gasteiger partial charge in [-0.15, -0.1) is 0 Å². The number of hydrogen-bond acceptors (Lipinski definition) is 4. The van der Waals surface area contributed by atoms with E-state index in [1.807, 2.05) is 7.05 Å². The number of aromatic nitrogens is 2. The van der Waals surface area contributed by atoms with Crippen molar-refractivity contribution in [3.05, 3.63) is 28.2 Å². The minimum absolute atomic E-state index is 0.0305. The summed E-state index contributed by atoms with van der Waals surface area (Å²) < 4.78 is 1.32. The molecule has 1 aromatic heterocycles. The SMILES string of the molecule is CN1CCC(N(C)C(=O)Cn2nc(C3CC3)ccc2=O)CC1. The Morgan fingerprint density at radius 2 is 1.95 bits per heavy atom. The van der Waals surface area contributed by atoms with Crippen molar-refractivity contribution >= 4 is 5.91 Å². The Hall–Kier alpha value is -1.69. The van der Waals surface area contributed by atoms with Crippen LogP contribution in [0.1, 0.15) is 37.3 Å². The van der Waals surface area contributed by atoms with Gasteiger partial charge in [-0.2, -0.15) is 5.10 Å². The third-order valence-electron chi connectivity index (χ3n) is 4.80. The van der Waals surface area contributed by atoms with E-state index in [-0.39, 0.29) is 24.1 Å². The van der Waals surface area contributed by atoms with Gasteiger partial charge in [0.2, 0.25) is 5.91 Å². The Kier molecular flexibility index (Phi) is 4.29. The normalized spacial score (nSPS) is 20.1. The first kappa shape index (κ1) is 15.2. The second-order valence-corrected chi connectivity index (χ2v) is 6.57. The predicted molar refractivity (Wildman–Crippen MR) is 83.8 cm³/mol. The molecular weight excluding hydrogens is 280 g/mol. The van der Waals surface area contributed by atoms with Gasteiger partial charge >= 0.3 is 0 Å². The third-order valence-corrected chi connectivity index (χ3v) is 4.80. The van der Waals surface area contributed by atoms with Crippen molar-refractivity contribution in [2.24, 2.45) is 0 Å². The molecule has 0 radical (unpaired) electrons. The zero-order valence-electron chi connectivity index (χ0n) is 13.4. The van der Waals surface area contributed by atoms with Crippen molar-refractivity contribution in [1.82, 2.24) is 19.6 Å². The predicted octanol–water partition coefficient (Wildman–Crippen LogP) is 0.673. The summed E-state index contributed by atoms with van der Waals surface area (Å²) in [5.41, 5.74) is 0.740. The Bertz CT molecular complexity index is 600. The minimum atomic E-state index is -0.200. The summed E-state index contributed by atoms with van der Waals surface area (Å²) in [6.07, 6.45) is 4.25. The number of carbonyl (C=O) groups is 1. The lowest BCUT2D eigenvalue weighted by Crippen LogP contribution is -2.46. The summed E-state index contributed by atoms with van der Waals surface area (Å²) in [5, 5.41) is 4.36. The van der Waals surface area contributed by atoms with Crippen molar-refractivity contribution in [2.45, 2.75) is 44.2 Å². The quantitative estimate of drug-likeness (QED) is 0.820. The van der Waals surface area contributed by atoms with E-state index in [4.69, 9.17) is 0 Å². The van der Waals surface area contributed by atoms with E-state index in [9.17, 15) is 9.59 Å². The van der Waals surface area contributed by atoms with Gasteiger partial charge in [0.25, 0.3) is 5.56 Å². The highest BCUT2D eigenvalue weighted by Crippen LogP contribution is 2.38. The van der Waals surface area contributed by atoms with Crippen molar-refractivity contribution in [1.29, 1.82) is 0 Å². The number of carbonyl (C=O) groups excluding carboxylic acids is 1. The molecule has 2 fully saturated rings. The molecule has 0 spiro atoms. The maximum atomic E-state index is 12.5. The summed E-state index contributed by atoms with van der Waals surface area (Å²) >= 11 is 0. The van der Waals surface area contributed by atoms with Crippen LogP contribution < -0.4 is 5.56 Å². The number of piperidine rings is 1. The van der Waals surface area contributed by atoms with E-state index in [1.54, 1.807) is 11.0 Å². The molecule has 0 bridgehead atoms. The second kappa shape index (κ2) is 6.20. The lowest BCUT2D eigenvalue weighted by Gasteiger charge is -2.35. The topological polar surface area (TPSA) is 58.4 Å². The Balaban J connectivity index is 1.65. The highest BCUT2D eigenvalue weighted by Gasteiger charge is 2.27. The lowest BCUT2D eigenvalue weighted by molar-refractivity contribution is -0.133. The Morgan fingerprint density at radius 3 is 2.59 bits per heavy atom. The van der Waals surface area contributed by atoms with Gasteiger partial charge in [0, 0.05) is 25.1 Å². The van der Waals surface area contributed by atoms with E-state index in [2.05, 4.69) is 17.0 Å². The van der Waals surface area contributed by atoms with E-state index >= 15 is 0 Å². The molecule has 0 atom stereocenters. The maximum absolute atomic E-state index is 12.5. The Morgan fingerprint density at radius 1 is 1.27 bits per heavy atom. The zero-order chi connectivity index (χ0) is 15.7. The number of hydrogen-bond donors (Lipinski definition) is 0. The van der Waals surface area contributed by atoms with Crippen LogP contribution in [-0.4, -0.2) is 58.7 Å². The molecule has 6 heteroatoms. The van der Waals surface area contributed by atoms with Crippen LogP contribution in [0.3, 0.4) is 0 Å². The van der Waals surface area contributed by atoms with Crippen LogP contribution in [0.5, 0.6) is 0 Å². The van der Waals surface area contributed by atoms with Gasteiger partial charge < -0.3 is 9.80 Å². The highest BCUT2D eigenvalue weighted by molar-refractivity contribution is 5.75. The van der Waals surface area contributed by atoms with Crippen LogP contribution in [0.2, 0.25) is 0 Å². The molecule has 1 aromatic rings. The summed E-state index contributed by atoms with van der Waals surface area (Å²) in [6, 6.07) is 3.59. The van der Waals surface area contributed by atoms with E-state index < -0.39 is 0 Å². The van der Waals surface area contributed by atoms with E-state index in [0.717, 1.165) is 44.5 Å². The van der Waals surface area contributed by atoms with Gasteiger partial charge in [0.15, 0.2) is 0 Å². The number of likely N-dealkylation sites (N-methyl/N-ethyl adjacent to an activating group) is 1. The third kappa shape index (κ3) is 3.38. The molecule has 1 saturated heterocycles. The summed E-state index contributed by atoms with van der Waals surface area (Å²) in [4.78, 5) is 28.4. The maximum Gasteiger partial charge on any atom is 0.267 e. The van der Waals surface area contributed by atoms with Gasteiger partial charge in [-0.3, -0.25) is 9.59 Å². The monoisotopic (exact) mass is 304 g/mol. The van der Waals surface area contributed by atoms with Gasteiger partial charge in [0.1, 0.15) is 6.54 Å². The molecule has 3 rings (SSSR count). The first-order valence-corrected chi connectivity index (χ1v) is 8.07. The van der Waals surface area contributed by atoms with Gasteiger partial charge in [-0.25, -0.2) is 4.68 Å². The molecule has 0 N–H and O–H groups in total. The average molecular weight is 304 g/mol. The average Bonchev–Trinajstić information content (AvgIpc) is 3.34. The standard InChI is InChI=1S/C16H24N4O2/c1-18-9-7-13(8-10-18)19(2)16(22)11-20-15(21)6-5-14(17-20)12-3-4-12/h5-6,12-13H,3-4,7-11H2,1-2H3. The fourth-order valence-corrected chi connectivity index (χ4v) is 3.00. The number of nitrogens with zero attached hydrogens (tertiary/aromatic N) is 4. The second-order valence-electron chi connectivity index (χ2n) is 6.57. The fourth-order valence-electron chi connectivity index (χ4n) is 3.00. The molecule has 6 nitrogen and oxygen atoms in total. The molecule has 2 heterocycles. The molecular formula is C16H24N4O2. The van der Waals surface area contributed by atoms with Crippen molar-refractivity contribution in [3.8, 4) is 0 Å². The smallest absolute Gasteiger partial charge is 0.267 e. The summed E-state index contributed by atoms with van der Waals surface area (Å²) in [6.45, 7) is 2.07. The molecule has 1 aliphatic heterocycles.